The highest BCUT2D eigenvalue weighted by atomic mass is 35.5. The Kier molecular flexibility index (Phi) is 4.79. The minimum absolute atomic E-state index is 0.0833. The van der Waals surface area contributed by atoms with E-state index in [0.29, 0.717) is 28.2 Å². The number of aromatic nitrogens is 2. The maximum absolute atomic E-state index is 12.1. The molecule has 1 aliphatic heterocycles. The summed E-state index contributed by atoms with van der Waals surface area (Å²) in [5, 5.41) is 4.15. The molecule has 0 N–H and O–H groups in total. The Bertz CT molecular complexity index is 553. The third kappa shape index (κ3) is 3.26. The Balaban J connectivity index is 2.17. The van der Waals surface area contributed by atoms with Gasteiger partial charge in [-0.25, -0.2) is 0 Å². The molecule has 4 nitrogen and oxygen atoms in total. The van der Waals surface area contributed by atoms with Crippen molar-refractivity contribution in [1.82, 2.24) is 14.7 Å². The molecule has 2 heterocycles. The Morgan fingerprint density at radius 3 is 3.05 bits per heavy atom. The third-order valence-corrected chi connectivity index (χ3v) is 4.00. The van der Waals surface area contributed by atoms with Crippen LogP contribution in [0.4, 0.5) is 0 Å². The van der Waals surface area contributed by atoms with E-state index in [2.05, 4.69) is 11.7 Å². The molecule has 0 aromatic carbocycles. The second-order valence-electron chi connectivity index (χ2n) is 3.81. The molecule has 0 aliphatic carbocycles. The first-order valence-electron chi connectivity index (χ1n) is 5.60. The fourth-order valence-electron chi connectivity index (χ4n) is 1.60. The van der Waals surface area contributed by atoms with Gasteiger partial charge in [-0.05, 0) is 6.08 Å². The van der Waals surface area contributed by atoms with Gasteiger partial charge in [0.1, 0.15) is 4.32 Å². The molecular weight excluding hydrogens is 302 g/mol. The maximum atomic E-state index is 12.1. The van der Waals surface area contributed by atoms with Gasteiger partial charge in [0.2, 0.25) is 0 Å². The van der Waals surface area contributed by atoms with Crippen molar-refractivity contribution in [3.63, 3.8) is 0 Å². The van der Waals surface area contributed by atoms with E-state index >= 15 is 0 Å². The molecule has 1 aliphatic rings. The molecule has 1 saturated heterocycles. The van der Waals surface area contributed by atoms with Gasteiger partial charge in [-0.3, -0.25) is 14.4 Å². The predicted octanol–water partition coefficient (Wildman–Crippen LogP) is 2.51. The van der Waals surface area contributed by atoms with Gasteiger partial charge in [0, 0.05) is 24.2 Å². The minimum atomic E-state index is -0.0833. The SMILES string of the molecule is C=CCN1C(=O)C(=Cc2cnn(CCCl)c2)SC1=S. The first-order valence-corrected chi connectivity index (χ1v) is 7.36. The molecule has 0 spiro atoms. The van der Waals surface area contributed by atoms with Gasteiger partial charge in [-0.1, -0.05) is 30.1 Å². The van der Waals surface area contributed by atoms with Crippen LogP contribution in [0.1, 0.15) is 5.56 Å². The first-order chi connectivity index (χ1) is 9.15. The van der Waals surface area contributed by atoms with Crippen molar-refractivity contribution in [1.29, 1.82) is 0 Å². The van der Waals surface area contributed by atoms with Crippen LogP contribution in [-0.4, -0.2) is 37.3 Å². The fourth-order valence-corrected chi connectivity index (χ4v) is 3.05. The van der Waals surface area contributed by atoms with Crippen molar-refractivity contribution in [2.45, 2.75) is 6.54 Å². The monoisotopic (exact) mass is 313 g/mol. The zero-order chi connectivity index (χ0) is 13.8. The average Bonchev–Trinajstić information content (AvgIpc) is 2.91. The van der Waals surface area contributed by atoms with Gasteiger partial charge in [-0.15, -0.1) is 18.2 Å². The summed E-state index contributed by atoms with van der Waals surface area (Å²) in [5.74, 6) is 0.419. The number of carbonyl (C=O) groups excluding carboxylic acids is 1. The molecular formula is C12H12ClN3OS2. The second-order valence-corrected chi connectivity index (χ2v) is 5.86. The van der Waals surface area contributed by atoms with E-state index in [-0.39, 0.29) is 5.91 Å². The lowest BCUT2D eigenvalue weighted by Gasteiger charge is -2.10. The van der Waals surface area contributed by atoms with Gasteiger partial charge in [-0.2, -0.15) is 5.10 Å². The van der Waals surface area contributed by atoms with E-state index in [4.69, 9.17) is 23.8 Å². The lowest BCUT2D eigenvalue weighted by Crippen LogP contribution is -2.27. The lowest BCUT2D eigenvalue weighted by molar-refractivity contribution is -0.121. The van der Waals surface area contributed by atoms with Crippen LogP contribution in [0.15, 0.2) is 30.0 Å². The third-order valence-electron chi connectivity index (χ3n) is 2.45. The molecule has 1 aromatic rings. The number of alkyl halides is 1. The van der Waals surface area contributed by atoms with Crippen molar-refractivity contribution < 1.29 is 4.79 Å². The van der Waals surface area contributed by atoms with Crippen LogP contribution >= 0.6 is 35.6 Å². The summed E-state index contributed by atoms with van der Waals surface area (Å²) in [4.78, 5) is 14.2. The summed E-state index contributed by atoms with van der Waals surface area (Å²) >= 11 is 12.1. The second kappa shape index (κ2) is 6.36. The first kappa shape index (κ1) is 14.3. The van der Waals surface area contributed by atoms with E-state index in [1.54, 1.807) is 23.0 Å². The molecule has 0 atom stereocenters. The molecule has 0 bridgehead atoms. The van der Waals surface area contributed by atoms with Crippen LogP contribution in [0.3, 0.4) is 0 Å². The molecule has 1 aromatic heterocycles. The van der Waals surface area contributed by atoms with Crippen molar-refractivity contribution in [2.24, 2.45) is 0 Å². The van der Waals surface area contributed by atoms with E-state index in [9.17, 15) is 4.79 Å². The van der Waals surface area contributed by atoms with Gasteiger partial charge in [0.15, 0.2) is 0 Å². The molecule has 1 fully saturated rings. The summed E-state index contributed by atoms with van der Waals surface area (Å²) < 4.78 is 2.30. The molecule has 2 rings (SSSR count). The molecule has 7 heteroatoms. The summed E-state index contributed by atoms with van der Waals surface area (Å²) in [6.45, 7) is 4.70. The standard InChI is InChI=1S/C12H12ClN3OS2/c1-2-4-16-11(17)10(19-12(16)18)6-9-7-14-15(8-9)5-3-13/h2,6-8H,1,3-5H2. The van der Waals surface area contributed by atoms with Crippen LogP contribution < -0.4 is 0 Å². The van der Waals surface area contributed by atoms with E-state index < -0.39 is 0 Å². The number of amides is 1. The zero-order valence-electron chi connectivity index (χ0n) is 10.1. The number of carbonyl (C=O) groups is 1. The van der Waals surface area contributed by atoms with Gasteiger partial charge in [0.05, 0.1) is 17.6 Å². The predicted molar refractivity (Wildman–Crippen MR) is 83.0 cm³/mol. The molecule has 1 amide bonds. The van der Waals surface area contributed by atoms with Crippen molar-refractivity contribution in [3.8, 4) is 0 Å². The fraction of sp³-hybridized carbons (Fsp3) is 0.250. The number of rotatable bonds is 5. The number of halogens is 1. The summed E-state index contributed by atoms with van der Waals surface area (Å²) in [7, 11) is 0. The molecule has 100 valence electrons. The van der Waals surface area contributed by atoms with Crippen LogP contribution in [0.25, 0.3) is 6.08 Å². The smallest absolute Gasteiger partial charge is 0.266 e. The van der Waals surface area contributed by atoms with Gasteiger partial charge in [0.25, 0.3) is 5.91 Å². The number of thiocarbonyl (C=S) groups is 1. The van der Waals surface area contributed by atoms with Crippen LogP contribution in [0, 0.1) is 0 Å². The van der Waals surface area contributed by atoms with Crippen LogP contribution in [0.2, 0.25) is 0 Å². The quantitative estimate of drug-likeness (QED) is 0.362. The number of hydrogen-bond acceptors (Lipinski definition) is 4. The summed E-state index contributed by atoms with van der Waals surface area (Å²) in [6.07, 6.45) is 7.00. The molecule has 0 radical (unpaired) electrons. The van der Waals surface area contributed by atoms with Crippen molar-refractivity contribution in [3.05, 3.63) is 35.5 Å². The summed E-state index contributed by atoms with van der Waals surface area (Å²) in [6, 6.07) is 0. The van der Waals surface area contributed by atoms with Crippen molar-refractivity contribution >= 4 is 51.9 Å². The lowest BCUT2D eigenvalue weighted by atomic mass is 10.3. The van der Waals surface area contributed by atoms with Crippen LogP contribution in [0.5, 0.6) is 0 Å². The Labute approximate surface area is 126 Å². The summed E-state index contributed by atoms with van der Waals surface area (Å²) in [5.41, 5.74) is 0.865. The molecule has 0 saturated carbocycles. The van der Waals surface area contributed by atoms with Gasteiger partial charge < -0.3 is 0 Å². The van der Waals surface area contributed by atoms with Crippen LogP contribution in [-0.2, 0) is 11.3 Å². The van der Waals surface area contributed by atoms with E-state index in [0.717, 1.165) is 5.56 Å². The highest BCUT2D eigenvalue weighted by molar-refractivity contribution is 8.26. The van der Waals surface area contributed by atoms with E-state index in [1.807, 2.05) is 6.20 Å². The Morgan fingerprint density at radius 2 is 2.37 bits per heavy atom. The Morgan fingerprint density at radius 1 is 1.58 bits per heavy atom. The zero-order valence-corrected chi connectivity index (χ0v) is 12.5. The van der Waals surface area contributed by atoms with E-state index in [1.165, 1.54) is 16.7 Å². The average molecular weight is 314 g/mol. The van der Waals surface area contributed by atoms with Crippen molar-refractivity contribution in [2.75, 3.05) is 12.4 Å². The number of hydrogen-bond donors (Lipinski definition) is 0. The number of aryl methyl sites for hydroxylation is 1. The molecule has 19 heavy (non-hydrogen) atoms. The Hall–Kier alpha value is -1.11. The largest absolute Gasteiger partial charge is 0.289 e. The van der Waals surface area contributed by atoms with Gasteiger partial charge >= 0.3 is 0 Å². The topological polar surface area (TPSA) is 38.1 Å². The highest BCUT2D eigenvalue weighted by Crippen LogP contribution is 2.32. The number of thioether (sulfide) groups is 1. The number of nitrogens with zero attached hydrogens (tertiary/aromatic N) is 3. The minimum Gasteiger partial charge on any atom is -0.289 e. The normalized spacial score (nSPS) is 17.5. The highest BCUT2D eigenvalue weighted by Gasteiger charge is 2.30. The maximum Gasteiger partial charge on any atom is 0.266 e. The molecule has 0 unspecified atom stereocenters.